The number of aromatic nitrogens is 5. The SMILES string of the molecule is Cc1c(-c2ccc3c(O)n(C(C)(C)C)cc3c2)nnn1-c1cccnc1F. The van der Waals surface area contributed by atoms with Crippen LogP contribution in [0.15, 0.2) is 42.7 Å². The molecule has 0 fully saturated rings. The average molecular weight is 365 g/mol. The molecule has 0 aliphatic carbocycles. The molecule has 0 unspecified atom stereocenters. The van der Waals surface area contributed by atoms with E-state index >= 15 is 0 Å². The first-order valence-corrected chi connectivity index (χ1v) is 8.65. The van der Waals surface area contributed by atoms with Gasteiger partial charge in [0.15, 0.2) is 5.88 Å². The molecular weight excluding hydrogens is 345 g/mol. The van der Waals surface area contributed by atoms with Crippen molar-refractivity contribution in [2.75, 3.05) is 0 Å². The summed E-state index contributed by atoms with van der Waals surface area (Å²) in [4.78, 5) is 3.67. The Morgan fingerprint density at radius 2 is 1.93 bits per heavy atom. The van der Waals surface area contributed by atoms with Gasteiger partial charge in [-0.2, -0.15) is 4.39 Å². The molecule has 4 rings (SSSR count). The number of aromatic hydroxyl groups is 1. The number of pyridine rings is 1. The molecule has 0 saturated carbocycles. The highest BCUT2D eigenvalue weighted by molar-refractivity contribution is 5.91. The maximum atomic E-state index is 14.0. The number of fused-ring (bicyclic) bond motifs is 1. The number of nitrogens with zero attached hydrogens (tertiary/aromatic N) is 5. The topological polar surface area (TPSA) is 68.8 Å². The molecule has 0 amide bonds. The molecule has 4 aromatic rings. The Hall–Kier alpha value is -3.22. The van der Waals surface area contributed by atoms with Gasteiger partial charge in [0.25, 0.3) is 0 Å². The first kappa shape index (κ1) is 17.2. The van der Waals surface area contributed by atoms with E-state index in [1.54, 1.807) is 12.1 Å². The van der Waals surface area contributed by atoms with E-state index in [2.05, 4.69) is 15.3 Å². The molecular formula is C20H20FN5O. The van der Waals surface area contributed by atoms with Crippen LogP contribution in [0, 0.1) is 12.9 Å². The normalized spacial score (nSPS) is 12.0. The quantitative estimate of drug-likeness (QED) is 0.541. The lowest BCUT2D eigenvalue weighted by atomic mass is 10.1. The predicted molar refractivity (Wildman–Crippen MR) is 101 cm³/mol. The number of hydrogen-bond acceptors (Lipinski definition) is 4. The second-order valence-corrected chi connectivity index (χ2v) is 7.54. The molecule has 138 valence electrons. The molecule has 0 saturated heterocycles. The van der Waals surface area contributed by atoms with Crippen LogP contribution in [0.25, 0.3) is 27.7 Å². The van der Waals surface area contributed by atoms with Crippen molar-refractivity contribution in [3.63, 3.8) is 0 Å². The first-order chi connectivity index (χ1) is 12.8. The van der Waals surface area contributed by atoms with Crippen molar-refractivity contribution in [2.24, 2.45) is 0 Å². The van der Waals surface area contributed by atoms with E-state index < -0.39 is 5.95 Å². The number of rotatable bonds is 2. The fourth-order valence-electron chi connectivity index (χ4n) is 3.22. The lowest BCUT2D eigenvalue weighted by Crippen LogP contribution is -2.19. The van der Waals surface area contributed by atoms with Gasteiger partial charge in [-0.25, -0.2) is 9.67 Å². The van der Waals surface area contributed by atoms with Gasteiger partial charge in [-0.3, -0.25) is 0 Å². The third kappa shape index (κ3) is 2.75. The first-order valence-electron chi connectivity index (χ1n) is 8.65. The van der Waals surface area contributed by atoms with Crippen molar-refractivity contribution in [3.05, 3.63) is 54.4 Å². The van der Waals surface area contributed by atoms with Crippen LogP contribution in [0.5, 0.6) is 5.88 Å². The molecule has 0 bridgehead atoms. The van der Waals surface area contributed by atoms with E-state index in [0.29, 0.717) is 11.4 Å². The molecule has 7 heteroatoms. The van der Waals surface area contributed by atoms with E-state index in [1.807, 2.05) is 56.7 Å². The zero-order chi connectivity index (χ0) is 19.3. The summed E-state index contributed by atoms with van der Waals surface area (Å²) >= 11 is 0. The van der Waals surface area contributed by atoms with Gasteiger partial charge >= 0.3 is 0 Å². The Kier molecular flexibility index (Phi) is 3.76. The summed E-state index contributed by atoms with van der Waals surface area (Å²) in [5.74, 6) is -0.360. The van der Waals surface area contributed by atoms with Gasteiger partial charge in [0, 0.05) is 34.3 Å². The van der Waals surface area contributed by atoms with Crippen LogP contribution < -0.4 is 0 Å². The van der Waals surface area contributed by atoms with Crippen LogP contribution in [-0.4, -0.2) is 29.7 Å². The summed E-state index contributed by atoms with van der Waals surface area (Å²) in [7, 11) is 0. The van der Waals surface area contributed by atoms with Crippen LogP contribution in [0.4, 0.5) is 4.39 Å². The Labute approximate surface area is 155 Å². The Morgan fingerprint density at radius 1 is 1.15 bits per heavy atom. The van der Waals surface area contributed by atoms with Gasteiger partial charge in [-0.05, 0) is 52.0 Å². The molecule has 3 aromatic heterocycles. The summed E-state index contributed by atoms with van der Waals surface area (Å²) in [5, 5.41) is 20.5. The minimum atomic E-state index is -0.598. The fourth-order valence-corrected chi connectivity index (χ4v) is 3.22. The summed E-state index contributed by atoms with van der Waals surface area (Å²) < 4.78 is 17.3. The summed E-state index contributed by atoms with van der Waals surface area (Å²) in [5.41, 5.74) is 2.23. The van der Waals surface area contributed by atoms with Crippen molar-refractivity contribution >= 4 is 10.8 Å². The fraction of sp³-hybridized carbons (Fsp3) is 0.250. The van der Waals surface area contributed by atoms with Crippen molar-refractivity contribution in [1.29, 1.82) is 0 Å². The highest BCUT2D eigenvalue weighted by Gasteiger charge is 2.20. The second kappa shape index (κ2) is 5.90. The monoisotopic (exact) mass is 365 g/mol. The van der Waals surface area contributed by atoms with Crippen LogP contribution in [0.2, 0.25) is 0 Å². The molecule has 1 aromatic carbocycles. The van der Waals surface area contributed by atoms with Crippen molar-refractivity contribution in [3.8, 4) is 22.8 Å². The molecule has 3 heterocycles. The van der Waals surface area contributed by atoms with E-state index in [1.165, 1.54) is 10.9 Å². The molecule has 0 aliphatic rings. The van der Waals surface area contributed by atoms with Crippen molar-refractivity contribution < 1.29 is 9.50 Å². The lowest BCUT2D eigenvalue weighted by molar-refractivity contribution is 0.329. The summed E-state index contributed by atoms with van der Waals surface area (Å²) in [6.07, 6.45) is 3.32. The Balaban J connectivity index is 1.83. The van der Waals surface area contributed by atoms with Gasteiger partial charge in [0.2, 0.25) is 5.95 Å². The van der Waals surface area contributed by atoms with Crippen LogP contribution >= 0.6 is 0 Å². The van der Waals surface area contributed by atoms with Crippen molar-refractivity contribution in [2.45, 2.75) is 33.2 Å². The number of benzene rings is 1. The second-order valence-electron chi connectivity index (χ2n) is 7.54. The van der Waals surface area contributed by atoms with Gasteiger partial charge in [-0.1, -0.05) is 11.3 Å². The minimum absolute atomic E-state index is 0.236. The van der Waals surface area contributed by atoms with E-state index in [0.717, 1.165) is 16.3 Å². The van der Waals surface area contributed by atoms with Gasteiger partial charge < -0.3 is 9.67 Å². The van der Waals surface area contributed by atoms with Crippen LogP contribution in [0.3, 0.4) is 0 Å². The van der Waals surface area contributed by atoms with E-state index in [4.69, 9.17) is 0 Å². The zero-order valence-electron chi connectivity index (χ0n) is 15.6. The van der Waals surface area contributed by atoms with Crippen LogP contribution in [0.1, 0.15) is 26.5 Å². The van der Waals surface area contributed by atoms with Crippen LogP contribution in [-0.2, 0) is 5.54 Å². The maximum absolute atomic E-state index is 14.0. The number of halogens is 1. The molecule has 6 nitrogen and oxygen atoms in total. The molecule has 1 N–H and O–H groups in total. The summed E-state index contributed by atoms with van der Waals surface area (Å²) in [6.45, 7) is 7.93. The lowest BCUT2D eigenvalue weighted by Gasteiger charge is -2.21. The highest BCUT2D eigenvalue weighted by atomic mass is 19.1. The molecule has 0 aliphatic heterocycles. The van der Waals surface area contributed by atoms with Gasteiger partial charge in [-0.15, -0.1) is 5.10 Å². The third-order valence-electron chi connectivity index (χ3n) is 4.65. The van der Waals surface area contributed by atoms with E-state index in [-0.39, 0.29) is 17.1 Å². The smallest absolute Gasteiger partial charge is 0.238 e. The van der Waals surface area contributed by atoms with Gasteiger partial charge in [0.05, 0.1) is 5.69 Å². The Morgan fingerprint density at radius 3 is 2.63 bits per heavy atom. The molecule has 0 atom stereocenters. The standard InChI is InChI=1S/C20H20FN5O/c1-12-17(23-24-26(12)16-6-5-9-22-18(16)21)13-7-8-15-14(10-13)11-25(19(15)27)20(2,3)4/h5-11,27H,1-4H3. The number of hydrogen-bond donors (Lipinski definition) is 1. The molecule has 0 radical (unpaired) electrons. The maximum Gasteiger partial charge on any atom is 0.238 e. The molecule has 0 spiro atoms. The average Bonchev–Trinajstić information content (AvgIpc) is 3.15. The minimum Gasteiger partial charge on any atom is -0.494 e. The van der Waals surface area contributed by atoms with Gasteiger partial charge in [0.1, 0.15) is 11.4 Å². The third-order valence-corrected chi connectivity index (χ3v) is 4.65. The molecule has 27 heavy (non-hydrogen) atoms. The Bertz CT molecular complexity index is 1150. The van der Waals surface area contributed by atoms with E-state index in [9.17, 15) is 9.50 Å². The summed E-state index contributed by atoms with van der Waals surface area (Å²) in [6, 6.07) is 8.97. The predicted octanol–water partition coefficient (Wildman–Crippen LogP) is 4.19. The largest absolute Gasteiger partial charge is 0.494 e. The highest BCUT2D eigenvalue weighted by Crippen LogP contribution is 2.35. The van der Waals surface area contributed by atoms with Crippen molar-refractivity contribution in [1.82, 2.24) is 24.5 Å². The zero-order valence-corrected chi connectivity index (χ0v) is 15.6.